The molecule has 1 heterocycles. The Balaban J connectivity index is 1.86. The summed E-state index contributed by atoms with van der Waals surface area (Å²) in [6, 6.07) is 11.3. The number of Topliss-reactive ketones (excluding diaryl/α,β-unsaturated/α-hetero) is 1. The first kappa shape index (κ1) is 19.2. The second kappa shape index (κ2) is 8.81. The number of amides is 1. The van der Waals surface area contributed by atoms with Gasteiger partial charge in [0.1, 0.15) is 5.75 Å². The van der Waals surface area contributed by atoms with Gasteiger partial charge in [-0.05, 0) is 57.5 Å². The van der Waals surface area contributed by atoms with Gasteiger partial charge in [-0.25, -0.2) is 0 Å². The van der Waals surface area contributed by atoms with Gasteiger partial charge in [0, 0.05) is 17.7 Å². The van der Waals surface area contributed by atoms with Crippen LogP contribution < -0.4 is 10.1 Å². The number of carbonyl (C=O) groups is 2. The van der Waals surface area contributed by atoms with Crippen molar-refractivity contribution in [3.8, 4) is 5.75 Å². The van der Waals surface area contributed by atoms with Gasteiger partial charge >= 0.3 is 0 Å². The zero-order valence-electron chi connectivity index (χ0n) is 15.2. The molecule has 0 bridgehead atoms. The Bertz CT molecular complexity index is 736. The Morgan fingerprint density at radius 1 is 1.12 bits per heavy atom. The number of nitrogens with one attached hydrogen (secondary N) is 1. The molecule has 1 unspecified atom stereocenters. The predicted octanol–water partition coefficient (Wildman–Crippen LogP) is 4.68. The molecule has 1 aromatic heterocycles. The van der Waals surface area contributed by atoms with Crippen LogP contribution in [0.5, 0.6) is 5.75 Å². The Hall–Kier alpha value is -2.14. The van der Waals surface area contributed by atoms with E-state index in [4.69, 9.17) is 4.74 Å². The normalized spacial score (nSPS) is 12.0. The summed E-state index contributed by atoms with van der Waals surface area (Å²) in [4.78, 5) is 26.0. The van der Waals surface area contributed by atoms with Crippen LogP contribution in [0.25, 0.3) is 0 Å². The molecule has 0 fully saturated rings. The zero-order valence-corrected chi connectivity index (χ0v) is 16.0. The minimum absolute atomic E-state index is 0.0215. The topological polar surface area (TPSA) is 55.4 Å². The fourth-order valence-electron chi connectivity index (χ4n) is 2.46. The molecule has 2 aromatic rings. The van der Waals surface area contributed by atoms with E-state index in [-0.39, 0.29) is 36.7 Å². The standard InChI is InChI=1S/C20H25NO3S/c1-13(2)24-17-7-5-6-16(12-17)15(4)21-20(23)11-9-18(22)19-10-8-14(3)25-19/h5-8,10,12-13,15H,9,11H2,1-4H3,(H,21,23). The van der Waals surface area contributed by atoms with Crippen LogP contribution in [-0.4, -0.2) is 17.8 Å². The molecule has 0 saturated carbocycles. The predicted molar refractivity (Wildman–Crippen MR) is 101 cm³/mol. The first-order chi connectivity index (χ1) is 11.8. The highest BCUT2D eigenvalue weighted by Gasteiger charge is 2.14. The minimum atomic E-state index is -0.137. The van der Waals surface area contributed by atoms with Gasteiger partial charge in [0.25, 0.3) is 0 Å². The fraction of sp³-hybridized carbons (Fsp3) is 0.400. The van der Waals surface area contributed by atoms with Crippen molar-refractivity contribution in [1.82, 2.24) is 5.32 Å². The van der Waals surface area contributed by atoms with E-state index in [1.165, 1.54) is 11.3 Å². The van der Waals surface area contributed by atoms with Crippen molar-refractivity contribution < 1.29 is 14.3 Å². The summed E-state index contributed by atoms with van der Waals surface area (Å²) in [6.45, 7) is 7.84. The molecule has 1 aromatic carbocycles. The first-order valence-corrected chi connectivity index (χ1v) is 9.32. The monoisotopic (exact) mass is 359 g/mol. The van der Waals surface area contributed by atoms with Crippen LogP contribution in [-0.2, 0) is 4.79 Å². The largest absolute Gasteiger partial charge is 0.491 e. The number of ketones is 1. The van der Waals surface area contributed by atoms with Crippen molar-refractivity contribution in [2.45, 2.75) is 52.7 Å². The van der Waals surface area contributed by atoms with Crippen LogP contribution in [0, 0.1) is 6.92 Å². The van der Waals surface area contributed by atoms with Gasteiger partial charge in [-0.1, -0.05) is 12.1 Å². The molecule has 0 saturated heterocycles. The Kier molecular flexibility index (Phi) is 6.76. The quantitative estimate of drug-likeness (QED) is 0.696. The average Bonchev–Trinajstić information content (AvgIpc) is 2.99. The molecule has 0 aliphatic heterocycles. The fourth-order valence-corrected chi connectivity index (χ4v) is 3.30. The van der Waals surface area contributed by atoms with Crippen molar-refractivity contribution in [2.75, 3.05) is 0 Å². The number of aryl methyl sites for hydroxylation is 1. The van der Waals surface area contributed by atoms with Crippen LogP contribution in [0.2, 0.25) is 0 Å². The van der Waals surface area contributed by atoms with E-state index in [2.05, 4.69) is 5.32 Å². The highest BCUT2D eigenvalue weighted by molar-refractivity contribution is 7.14. The lowest BCUT2D eigenvalue weighted by atomic mass is 10.1. The lowest BCUT2D eigenvalue weighted by molar-refractivity contribution is -0.121. The molecule has 134 valence electrons. The highest BCUT2D eigenvalue weighted by Crippen LogP contribution is 2.21. The van der Waals surface area contributed by atoms with Crippen LogP contribution in [0.3, 0.4) is 0 Å². The molecule has 1 atom stereocenters. The summed E-state index contributed by atoms with van der Waals surface area (Å²) in [6.07, 6.45) is 0.532. The van der Waals surface area contributed by atoms with Gasteiger partial charge in [-0.3, -0.25) is 9.59 Å². The van der Waals surface area contributed by atoms with E-state index in [0.29, 0.717) is 0 Å². The van der Waals surface area contributed by atoms with Gasteiger partial charge in [0.15, 0.2) is 5.78 Å². The van der Waals surface area contributed by atoms with E-state index in [0.717, 1.165) is 21.1 Å². The number of benzene rings is 1. The molecular formula is C20H25NO3S. The maximum absolute atomic E-state index is 12.1. The molecular weight excluding hydrogens is 334 g/mol. The van der Waals surface area contributed by atoms with Crippen molar-refractivity contribution in [3.05, 3.63) is 51.7 Å². The third-order valence-electron chi connectivity index (χ3n) is 3.70. The van der Waals surface area contributed by atoms with Gasteiger partial charge in [-0.2, -0.15) is 0 Å². The maximum Gasteiger partial charge on any atom is 0.220 e. The van der Waals surface area contributed by atoms with E-state index in [9.17, 15) is 9.59 Å². The van der Waals surface area contributed by atoms with Crippen LogP contribution in [0.4, 0.5) is 0 Å². The summed E-state index contributed by atoms with van der Waals surface area (Å²) in [5.74, 6) is 0.689. The Labute approximate surface area is 153 Å². The average molecular weight is 359 g/mol. The minimum Gasteiger partial charge on any atom is -0.491 e. The second-order valence-corrected chi connectivity index (χ2v) is 7.65. The van der Waals surface area contributed by atoms with Crippen molar-refractivity contribution >= 4 is 23.0 Å². The maximum atomic E-state index is 12.1. The molecule has 0 aliphatic carbocycles. The number of ether oxygens (including phenoxy) is 1. The van der Waals surface area contributed by atoms with E-state index in [1.54, 1.807) is 0 Å². The second-order valence-electron chi connectivity index (χ2n) is 6.36. The van der Waals surface area contributed by atoms with Gasteiger partial charge in [-0.15, -0.1) is 11.3 Å². The lowest BCUT2D eigenvalue weighted by Crippen LogP contribution is -2.27. The molecule has 5 heteroatoms. The summed E-state index contributed by atoms with van der Waals surface area (Å²) in [5, 5.41) is 2.95. The first-order valence-electron chi connectivity index (χ1n) is 8.50. The Morgan fingerprint density at radius 2 is 1.88 bits per heavy atom. The van der Waals surface area contributed by atoms with Gasteiger partial charge in [0.05, 0.1) is 17.0 Å². The number of thiophene rings is 1. The van der Waals surface area contributed by atoms with Crippen molar-refractivity contribution in [2.24, 2.45) is 0 Å². The van der Waals surface area contributed by atoms with Crippen molar-refractivity contribution in [3.63, 3.8) is 0 Å². The molecule has 1 amide bonds. The van der Waals surface area contributed by atoms with E-state index >= 15 is 0 Å². The Morgan fingerprint density at radius 3 is 2.52 bits per heavy atom. The summed E-state index contributed by atoms with van der Waals surface area (Å²) < 4.78 is 5.68. The molecule has 25 heavy (non-hydrogen) atoms. The lowest BCUT2D eigenvalue weighted by Gasteiger charge is -2.16. The van der Waals surface area contributed by atoms with E-state index < -0.39 is 0 Å². The number of hydrogen-bond donors (Lipinski definition) is 1. The summed E-state index contributed by atoms with van der Waals surface area (Å²) >= 11 is 1.47. The molecule has 0 spiro atoms. The van der Waals surface area contributed by atoms with Gasteiger partial charge in [0.2, 0.25) is 5.91 Å². The zero-order chi connectivity index (χ0) is 18.4. The molecule has 2 rings (SSSR count). The van der Waals surface area contributed by atoms with E-state index in [1.807, 2.05) is 64.1 Å². The third-order valence-corrected chi connectivity index (χ3v) is 4.74. The SMILES string of the molecule is Cc1ccc(C(=O)CCC(=O)NC(C)c2cccc(OC(C)C)c2)s1. The number of rotatable bonds is 8. The van der Waals surface area contributed by atoms with Crippen LogP contribution in [0.15, 0.2) is 36.4 Å². The van der Waals surface area contributed by atoms with Gasteiger partial charge < -0.3 is 10.1 Å². The van der Waals surface area contributed by atoms with Crippen LogP contribution in [0.1, 0.15) is 59.8 Å². The van der Waals surface area contributed by atoms with Crippen LogP contribution >= 0.6 is 11.3 Å². The highest BCUT2D eigenvalue weighted by atomic mass is 32.1. The van der Waals surface area contributed by atoms with Crippen molar-refractivity contribution in [1.29, 1.82) is 0 Å². The molecule has 0 aliphatic rings. The molecule has 4 nitrogen and oxygen atoms in total. The number of hydrogen-bond acceptors (Lipinski definition) is 4. The number of carbonyl (C=O) groups excluding carboxylic acids is 2. The molecule has 1 N–H and O–H groups in total. The smallest absolute Gasteiger partial charge is 0.220 e. The third kappa shape index (κ3) is 6.02. The summed E-state index contributed by atoms with van der Waals surface area (Å²) in [5.41, 5.74) is 0.978. The molecule has 0 radical (unpaired) electrons. The summed E-state index contributed by atoms with van der Waals surface area (Å²) in [7, 11) is 0.